The summed E-state index contributed by atoms with van der Waals surface area (Å²) < 4.78 is 148. The van der Waals surface area contributed by atoms with E-state index < -0.39 is 158 Å². The van der Waals surface area contributed by atoms with Crippen LogP contribution in [0.25, 0.3) is 0 Å². The molecular weight excluding hydrogens is 1270 g/mol. The van der Waals surface area contributed by atoms with Gasteiger partial charge in [0.1, 0.15) is 24.2 Å². The molecule has 16 atom stereocenters. The zero-order valence-corrected chi connectivity index (χ0v) is 58.9. The van der Waals surface area contributed by atoms with Crippen LogP contribution in [0.2, 0.25) is 0 Å². The fourth-order valence-corrected chi connectivity index (χ4v) is 24.2. The van der Waals surface area contributed by atoms with E-state index in [2.05, 4.69) is 61.4 Å². The number of sulfonamides is 4. The second kappa shape index (κ2) is 30.1. The average Bonchev–Trinajstić information content (AvgIpc) is 1.59. The Labute approximate surface area is 546 Å². The normalized spacial score (nSPS) is 37.1. The van der Waals surface area contributed by atoms with Gasteiger partial charge in [-0.3, -0.25) is 61.7 Å². The minimum absolute atomic E-state index is 0.0243. The Hall–Kier alpha value is -2.80. The van der Waals surface area contributed by atoms with E-state index >= 15 is 0 Å². The summed E-state index contributed by atoms with van der Waals surface area (Å²) in [6.07, 6.45) is 0.790. The summed E-state index contributed by atoms with van der Waals surface area (Å²) in [6.45, 7) is 15.2. The molecule has 16 unspecified atom stereocenters. The summed E-state index contributed by atoms with van der Waals surface area (Å²) in [5, 5.41) is 27.8. The monoisotopic (exact) mass is 1380 g/mol. The number of carbonyl (C=O) groups excluding carboxylic acids is 4. The molecule has 5 saturated heterocycles. The van der Waals surface area contributed by atoms with Crippen LogP contribution in [0.1, 0.15) is 158 Å². The zero-order valence-electron chi connectivity index (χ0n) is 55.6. The van der Waals surface area contributed by atoms with Crippen LogP contribution < -0.4 is 61.4 Å². The summed E-state index contributed by atoms with van der Waals surface area (Å²) >= 11 is 0. The largest absolute Gasteiger partial charge is 0.468 e. The van der Waals surface area contributed by atoms with Crippen LogP contribution in [0.3, 0.4) is 0 Å². The van der Waals surface area contributed by atoms with Crippen molar-refractivity contribution in [1.82, 2.24) is 61.4 Å². The van der Waals surface area contributed by atoms with E-state index in [1.54, 1.807) is 0 Å². The molecule has 92 heavy (non-hydrogen) atoms. The molecule has 0 aromatic carbocycles. The molecule has 0 aromatic heterocycles. The molecule has 28 nitrogen and oxygen atoms in total. The van der Waals surface area contributed by atoms with Gasteiger partial charge in [0.05, 0.1) is 98.8 Å². The third kappa shape index (κ3) is 16.7. The molecule has 4 aliphatic carbocycles. The van der Waals surface area contributed by atoms with E-state index in [1.165, 1.54) is 28.4 Å². The Balaban J connectivity index is 1.08. The predicted octanol–water partition coefficient (Wildman–Crippen LogP) is 0.548. The topological polar surface area (TPSA) is 386 Å². The van der Waals surface area contributed by atoms with Crippen LogP contribution in [0.4, 0.5) is 0 Å². The van der Waals surface area contributed by atoms with E-state index in [0.29, 0.717) is 25.7 Å². The Bertz CT molecular complexity index is 2660. The lowest BCUT2D eigenvalue weighted by atomic mass is 9.76. The molecule has 0 aromatic rings. The van der Waals surface area contributed by atoms with Crippen molar-refractivity contribution in [3.8, 4) is 0 Å². The standard InChI is InChI=1S/C60H108N12O16S4/c1-29(2)21-45(57(73)85-9)69-89(77,78)33-13-17-37-41(25-33)53-61-49(37)66-54-43-27-35(91(81,82)71-47(23-31(5)6)59(75)87-11)15-19-39(43)51(63-54)68-56-44-28-36(92(83,84)72-48(24-32(7)8)60(76)88-12)16-20-40(44)52(64-56)67-55-42-26-34(14-18-38(42)50(62-55)65-53)90(79,80)70-46(22-30(3)4)58(74)86-10/h29-56,61-72H,13-28H2,1-12H3. The highest BCUT2D eigenvalue weighted by molar-refractivity contribution is 7.91. The van der Waals surface area contributed by atoms with Crippen molar-refractivity contribution >= 4 is 64.0 Å². The van der Waals surface area contributed by atoms with Gasteiger partial charge in [-0.15, -0.1) is 0 Å². The first-order valence-corrected chi connectivity index (χ1v) is 39.9. The lowest BCUT2D eigenvalue weighted by molar-refractivity contribution is -0.143. The van der Waals surface area contributed by atoms with E-state index in [4.69, 9.17) is 18.9 Å². The van der Waals surface area contributed by atoms with Crippen LogP contribution >= 0.6 is 0 Å². The number of nitrogens with one attached hydrogen (secondary N) is 12. The number of esters is 4. The smallest absolute Gasteiger partial charge is 0.323 e. The van der Waals surface area contributed by atoms with Gasteiger partial charge in [0, 0.05) is 0 Å². The third-order valence-corrected chi connectivity index (χ3v) is 29.4. The number of hydrogen-bond acceptors (Lipinski definition) is 24. The summed E-state index contributed by atoms with van der Waals surface area (Å²) in [5.41, 5.74) is 0. The van der Waals surface area contributed by atoms with Gasteiger partial charge in [0.15, 0.2) is 0 Å². The average molecular weight is 1380 g/mol. The molecule has 9 aliphatic rings. The van der Waals surface area contributed by atoms with Gasteiger partial charge in [-0.25, -0.2) is 52.6 Å². The van der Waals surface area contributed by atoms with Crippen LogP contribution in [-0.2, 0) is 78.2 Å². The number of ether oxygens (including phenoxy) is 4. The van der Waals surface area contributed by atoms with E-state index in [1.807, 2.05) is 55.4 Å². The highest BCUT2D eigenvalue weighted by atomic mass is 32.2. The maximum absolute atomic E-state index is 14.6. The van der Waals surface area contributed by atoms with E-state index in [-0.39, 0.29) is 148 Å². The first kappa shape index (κ1) is 73.4. The predicted molar refractivity (Wildman–Crippen MR) is 343 cm³/mol. The number of rotatable bonds is 24. The van der Waals surface area contributed by atoms with Gasteiger partial charge in [-0.1, -0.05) is 55.4 Å². The van der Waals surface area contributed by atoms with Crippen molar-refractivity contribution in [2.24, 2.45) is 71.0 Å². The van der Waals surface area contributed by atoms with Crippen molar-refractivity contribution in [2.75, 3.05) is 28.4 Å². The lowest BCUT2D eigenvalue weighted by Gasteiger charge is -2.39. The van der Waals surface area contributed by atoms with Gasteiger partial charge in [0.25, 0.3) is 0 Å². The van der Waals surface area contributed by atoms with Gasteiger partial charge < -0.3 is 18.9 Å². The highest BCUT2D eigenvalue weighted by Gasteiger charge is 2.59. The molecule has 4 saturated carbocycles. The number of hydrogen-bond donors (Lipinski definition) is 12. The molecular formula is C60H108N12O16S4. The summed E-state index contributed by atoms with van der Waals surface area (Å²) in [5.74, 6) is -4.73. The van der Waals surface area contributed by atoms with Gasteiger partial charge in [0.2, 0.25) is 40.1 Å². The Morgan fingerprint density at radius 1 is 0.304 bits per heavy atom. The second-order valence-electron chi connectivity index (χ2n) is 29.7. The molecule has 0 amide bonds. The van der Waals surface area contributed by atoms with Crippen molar-refractivity contribution in [3.63, 3.8) is 0 Å². The van der Waals surface area contributed by atoms with Crippen molar-refractivity contribution in [3.05, 3.63) is 0 Å². The number of methoxy groups -OCH3 is 4. The Morgan fingerprint density at radius 2 is 0.467 bits per heavy atom. The van der Waals surface area contributed by atoms with Crippen molar-refractivity contribution in [2.45, 2.75) is 253 Å². The highest BCUT2D eigenvalue weighted by Crippen LogP contribution is 2.48. The molecule has 12 N–H and O–H groups in total. The first-order chi connectivity index (χ1) is 43.3. The van der Waals surface area contributed by atoms with Gasteiger partial charge in [-0.05, 0) is 174 Å². The van der Waals surface area contributed by atoms with Crippen molar-refractivity contribution < 1.29 is 71.8 Å². The molecule has 9 fully saturated rings. The van der Waals surface area contributed by atoms with Crippen LogP contribution in [0, 0.1) is 71.0 Å². The Kier molecular flexibility index (Phi) is 24.1. The maximum Gasteiger partial charge on any atom is 0.323 e. The van der Waals surface area contributed by atoms with Crippen LogP contribution in [0.15, 0.2) is 0 Å². The van der Waals surface area contributed by atoms with Gasteiger partial charge in [-0.2, -0.15) is 0 Å². The quantitative estimate of drug-likeness (QED) is 0.0464. The summed E-state index contributed by atoms with van der Waals surface area (Å²) in [7, 11) is -11.5. The molecule has 528 valence electrons. The maximum atomic E-state index is 14.6. The second-order valence-corrected chi connectivity index (χ2v) is 37.6. The Morgan fingerprint density at radius 3 is 0.620 bits per heavy atom. The molecule has 9 rings (SSSR count). The minimum atomic E-state index is -4.11. The summed E-state index contributed by atoms with van der Waals surface area (Å²) in [6, 6.07) is -4.34. The van der Waals surface area contributed by atoms with Crippen LogP contribution in [-0.4, -0.2) is 180 Å². The fourth-order valence-electron chi connectivity index (χ4n) is 17.4. The molecule has 0 radical (unpaired) electrons. The molecule has 5 aliphatic heterocycles. The van der Waals surface area contributed by atoms with Crippen molar-refractivity contribution in [1.29, 1.82) is 0 Å². The molecule has 0 spiro atoms. The zero-order chi connectivity index (χ0) is 67.1. The molecule has 8 bridgehead atoms. The minimum Gasteiger partial charge on any atom is -0.468 e. The van der Waals surface area contributed by atoms with E-state index in [0.717, 1.165) is 0 Å². The lowest BCUT2D eigenvalue weighted by Crippen LogP contribution is -2.61. The van der Waals surface area contributed by atoms with E-state index in [9.17, 15) is 52.8 Å². The van der Waals surface area contributed by atoms with Crippen LogP contribution in [0.5, 0.6) is 0 Å². The fraction of sp³-hybridized carbons (Fsp3) is 0.933. The third-order valence-electron chi connectivity index (χ3n) is 21.7. The molecule has 32 heteroatoms. The molecule has 5 heterocycles. The van der Waals surface area contributed by atoms with Gasteiger partial charge >= 0.3 is 23.9 Å². The SMILES string of the molecule is COC(=O)C(CC(C)C)NS(=O)(=O)C1CCC2C3NC(NC4NC(NC5NC(NC6NC(N3)C3CC(S(=O)(=O)NC(CC(C)C)C(=O)OC)CCC63)C3CC(S(=O)(=O)NC(CC(C)C)C(=O)OC)CCC53)C3CC(S(=O)(=O)NC(CC(C)C)C(=O)OC)CCC43)C2C1. The first-order valence-electron chi connectivity index (χ1n) is 33.7. The number of fused-ring (bicyclic) bond motifs is 20. The summed E-state index contributed by atoms with van der Waals surface area (Å²) in [4.78, 5) is 52.3. The number of carbonyl (C=O) groups is 4.